The van der Waals surface area contributed by atoms with Crippen LogP contribution in [0.3, 0.4) is 0 Å². The van der Waals surface area contributed by atoms with Crippen LogP contribution in [0.2, 0.25) is 0 Å². The Bertz CT molecular complexity index is 537. The van der Waals surface area contributed by atoms with E-state index < -0.39 is 0 Å². The lowest BCUT2D eigenvalue weighted by atomic mass is 10.1. The standard InChI is InChI=1S/C13H16BrN3O/c1-9(15)12-5-11(14)3-4-13(12)18-8-10-6-16-17(2)7-10/h3-7,9H,8,15H2,1-2H3/t9-/m0/s1. The van der Waals surface area contributed by atoms with Gasteiger partial charge in [0.25, 0.3) is 0 Å². The van der Waals surface area contributed by atoms with Crippen molar-refractivity contribution in [1.82, 2.24) is 9.78 Å². The maximum Gasteiger partial charge on any atom is 0.124 e. The number of aromatic nitrogens is 2. The predicted octanol–water partition coefficient (Wildman–Crippen LogP) is 2.78. The van der Waals surface area contributed by atoms with Gasteiger partial charge in [0.1, 0.15) is 12.4 Å². The maximum atomic E-state index is 5.94. The molecule has 0 aliphatic rings. The molecule has 2 N–H and O–H groups in total. The number of ether oxygens (including phenoxy) is 1. The molecule has 0 bridgehead atoms. The molecule has 1 heterocycles. The minimum absolute atomic E-state index is 0.0635. The molecule has 0 aliphatic carbocycles. The molecule has 0 amide bonds. The Morgan fingerprint density at radius 2 is 2.28 bits per heavy atom. The SMILES string of the molecule is C[C@H](N)c1cc(Br)ccc1OCc1cnn(C)c1. The first-order valence-corrected chi connectivity index (χ1v) is 6.51. The topological polar surface area (TPSA) is 53.1 Å². The van der Waals surface area contributed by atoms with E-state index >= 15 is 0 Å². The summed E-state index contributed by atoms with van der Waals surface area (Å²) in [5.41, 5.74) is 7.97. The molecule has 0 fully saturated rings. The Morgan fingerprint density at radius 1 is 1.50 bits per heavy atom. The van der Waals surface area contributed by atoms with Gasteiger partial charge in [0.2, 0.25) is 0 Å². The average molecular weight is 310 g/mol. The average Bonchev–Trinajstić information content (AvgIpc) is 2.73. The van der Waals surface area contributed by atoms with Crippen LogP contribution in [0.5, 0.6) is 5.75 Å². The molecule has 1 atom stereocenters. The van der Waals surface area contributed by atoms with E-state index in [1.54, 1.807) is 10.9 Å². The molecule has 5 heteroatoms. The van der Waals surface area contributed by atoms with Gasteiger partial charge in [-0.1, -0.05) is 15.9 Å². The fourth-order valence-corrected chi connectivity index (χ4v) is 2.09. The molecule has 0 aliphatic heterocycles. The zero-order valence-corrected chi connectivity index (χ0v) is 12.0. The fraction of sp³-hybridized carbons (Fsp3) is 0.308. The third kappa shape index (κ3) is 3.11. The highest BCUT2D eigenvalue weighted by molar-refractivity contribution is 9.10. The molecular weight excluding hydrogens is 294 g/mol. The van der Waals surface area contributed by atoms with Crippen molar-refractivity contribution in [3.8, 4) is 5.75 Å². The Labute approximate surface area is 115 Å². The lowest BCUT2D eigenvalue weighted by molar-refractivity contribution is 0.301. The van der Waals surface area contributed by atoms with E-state index in [4.69, 9.17) is 10.5 Å². The molecule has 2 rings (SSSR count). The Kier molecular flexibility index (Phi) is 4.04. The summed E-state index contributed by atoms with van der Waals surface area (Å²) in [5.74, 6) is 0.817. The predicted molar refractivity (Wildman–Crippen MR) is 74.3 cm³/mol. The summed E-state index contributed by atoms with van der Waals surface area (Å²) in [6.45, 7) is 2.44. The molecule has 1 aromatic heterocycles. The van der Waals surface area contributed by atoms with Gasteiger partial charge in [-0.25, -0.2) is 0 Å². The van der Waals surface area contributed by atoms with E-state index in [0.29, 0.717) is 6.61 Å². The summed E-state index contributed by atoms with van der Waals surface area (Å²) in [6.07, 6.45) is 3.73. The Hall–Kier alpha value is -1.33. The summed E-state index contributed by atoms with van der Waals surface area (Å²) in [4.78, 5) is 0. The van der Waals surface area contributed by atoms with E-state index in [1.807, 2.05) is 38.4 Å². The number of aryl methyl sites for hydroxylation is 1. The lowest BCUT2D eigenvalue weighted by Gasteiger charge is -2.14. The summed E-state index contributed by atoms with van der Waals surface area (Å²) in [6, 6.07) is 5.80. The number of hydrogen-bond acceptors (Lipinski definition) is 3. The second-order valence-corrected chi connectivity index (χ2v) is 5.20. The molecule has 0 radical (unpaired) electrons. The number of rotatable bonds is 4. The van der Waals surface area contributed by atoms with Crippen LogP contribution in [0.1, 0.15) is 24.1 Å². The van der Waals surface area contributed by atoms with Crippen LogP contribution in [0.25, 0.3) is 0 Å². The smallest absolute Gasteiger partial charge is 0.124 e. The molecule has 18 heavy (non-hydrogen) atoms. The van der Waals surface area contributed by atoms with Crippen molar-refractivity contribution in [2.75, 3.05) is 0 Å². The molecule has 0 unspecified atom stereocenters. The van der Waals surface area contributed by atoms with E-state index in [9.17, 15) is 0 Å². The highest BCUT2D eigenvalue weighted by Gasteiger charge is 2.09. The van der Waals surface area contributed by atoms with Crippen LogP contribution < -0.4 is 10.5 Å². The van der Waals surface area contributed by atoms with Crippen LogP contribution in [0.4, 0.5) is 0 Å². The van der Waals surface area contributed by atoms with Gasteiger partial charge in [0, 0.05) is 34.9 Å². The number of benzene rings is 1. The van der Waals surface area contributed by atoms with Crippen molar-refractivity contribution < 1.29 is 4.74 Å². The second kappa shape index (κ2) is 5.54. The first kappa shape index (κ1) is 13.1. The van der Waals surface area contributed by atoms with Gasteiger partial charge in [0.05, 0.1) is 6.20 Å². The quantitative estimate of drug-likeness (QED) is 0.945. The van der Waals surface area contributed by atoms with Crippen LogP contribution in [0.15, 0.2) is 35.1 Å². The van der Waals surface area contributed by atoms with Crippen LogP contribution >= 0.6 is 15.9 Å². The Morgan fingerprint density at radius 3 is 2.89 bits per heavy atom. The van der Waals surface area contributed by atoms with Gasteiger partial charge in [-0.2, -0.15) is 5.10 Å². The molecule has 4 nitrogen and oxygen atoms in total. The van der Waals surface area contributed by atoms with Gasteiger partial charge >= 0.3 is 0 Å². The van der Waals surface area contributed by atoms with Gasteiger partial charge in [0.15, 0.2) is 0 Å². The zero-order chi connectivity index (χ0) is 13.1. The van der Waals surface area contributed by atoms with E-state index in [2.05, 4.69) is 21.0 Å². The van der Waals surface area contributed by atoms with Gasteiger partial charge in [-0.05, 0) is 25.1 Å². The largest absolute Gasteiger partial charge is 0.488 e. The number of hydrogen-bond donors (Lipinski definition) is 1. The highest BCUT2D eigenvalue weighted by Crippen LogP contribution is 2.28. The molecule has 0 saturated carbocycles. The van der Waals surface area contributed by atoms with E-state index in [0.717, 1.165) is 21.3 Å². The van der Waals surface area contributed by atoms with Crippen LogP contribution in [-0.2, 0) is 13.7 Å². The molecule has 0 saturated heterocycles. The van der Waals surface area contributed by atoms with Crippen molar-refractivity contribution in [1.29, 1.82) is 0 Å². The fourth-order valence-electron chi connectivity index (χ4n) is 1.71. The van der Waals surface area contributed by atoms with Crippen molar-refractivity contribution in [2.45, 2.75) is 19.6 Å². The number of nitrogens with two attached hydrogens (primary N) is 1. The van der Waals surface area contributed by atoms with Crippen molar-refractivity contribution in [3.63, 3.8) is 0 Å². The van der Waals surface area contributed by atoms with Crippen LogP contribution in [-0.4, -0.2) is 9.78 Å². The third-order valence-electron chi connectivity index (χ3n) is 2.62. The normalized spacial score (nSPS) is 12.4. The summed E-state index contributed by atoms with van der Waals surface area (Å²) in [7, 11) is 1.89. The number of nitrogens with zero attached hydrogens (tertiary/aromatic N) is 2. The lowest BCUT2D eigenvalue weighted by Crippen LogP contribution is -2.08. The minimum atomic E-state index is -0.0635. The zero-order valence-electron chi connectivity index (χ0n) is 10.4. The molecular formula is C13H16BrN3O. The van der Waals surface area contributed by atoms with Gasteiger partial charge in [-0.3, -0.25) is 4.68 Å². The minimum Gasteiger partial charge on any atom is -0.488 e. The molecule has 1 aromatic carbocycles. The van der Waals surface area contributed by atoms with Gasteiger partial charge < -0.3 is 10.5 Å². The number of halogens is 1. The van der Waals surface area contributed by atoms with Gasteiger partial charge in [-0.15, -0.1) is 0 Å². The van der Waals surface area contributed by atoms with Crippen molar-refractivity contribution >= 4 is 15.9 Å². The Balaban J connectivity index is 2.13. The van der Waals surface area contributed by atoms with E-state index in [1.165, 1.54) is 0 Å². The van der Waals surface area contributed by atoms with Crippen molar-refractivity contribution in [2.24, 2.45) is 12.8 Å². The first-order valence-electron chi connectivity index (χ1n) is 5.71. The van der Waals surface area contributed by atoms with Crippen LogP contribution in [0, 0.1) is 0 Å². The molecule has 96 valence electrons. The first-order chi connectivity index (χ1) is 8.56. The second-order valence-electron chi connectivity index (χ2n) is 4.28. The van der Waals surface area contributed by atoms with Crippen molar-refractivity contribution in [3.05, 3.63) is 46.2 Å². The molecule has 0 spiro atoms. The third-order valence-corrected chi connectivity index (χ3v) is 3.11. The highest BCUT2D eigenvalue weighted by atomic mass is 79.9. The monoisotopic (exact) mass is 309 g/mol. The summed E-state index contributed by atoms with van der Waals surface area (Å²) >= 11 is 3.44. The summed E-state index contributed by atoms with van der Waals surface area (Å²) < 4.78 is 8.56. The maximum absolute atomic E-state index is 5.94. The molecule has 2 aromatic rings. The van der Waals surface area contributed by atoms with E-state index in [-0.39, 0.29) is 6.04 Å². The summed E-state index contributed by atoms with van der Waals surface area (Å²) in [5, 5.41) is 4.11.